The second kappa shape index (κ2) is 9.15. The van der Waals surface area contributed by atoms with Gasteiger partial charge in [0, 0.05) is 24.8 Å². The average Bonchev–Trinajstić information content (AvgIpc) is 2.73. The number of anilines is 1. The molecule has 2 heterocycles. The number of nitrogens with zero attached hydrogens (tertiary/aromatic N) is 2. The lowest BCUT2D eigenvalue weighted by Gasteiger charge is -2.26. The van der Waals surface area contributed by atoms with Crippen LogP contribution in [0.4, 0.5) is 5.69 Å². The van der Waals surface area contributed by atoms with Crippen molar-refractivity contribution in [1.82, 2.24) is 14.6 Å². The van der Waals surface area contributed by atoms with E-state index < -0.39 is 21.8 Å². The van der Waals surface area contributed by atoms with Crippen molar-refractivity contribution in [2.75, 3.05) is 25.0 Å². The molecule has 1 aliphatic rings. The summed E-state index contributed by atoms with van der Waals surface area (Å²) in [6.07, 6.45) is 5.78. The molecule has 9 heteroatoms. The summed E-state index contributed by atoms with van der Waals surface area (Å²) in [7, 11) is -3.65. The second-order valence-electron chi connectivity index (χ2n) is 6.92. The average molecular weight is 417 g/mol. The van der Waals surface area contributed by atoms with Gasteiger partial charge in [0.25, 0.3) is 5.91 Å². The molecule has 1 aromatic carbocycles. The molecule has 2 amide bonds. The lowest BCUT2D eigenvalue weighted by molar-refractivity contribution is -0.115. The first-order valence-corrected chi connectivity index (χ1v) is 10.9. The number of hydrogen-bond acceptors (Lipinski definition) is 5. The number of carbonyl (C=O) groups is 2. The molecule has 0 aliphatic carbocycles. The Morgan fingerprint density at radius 1 is 1.14 bits per heavy atom. The van der Waals surface area contributed by atoms with Crippen molar-refractivity contribution in [1.29, 1.82) is 0 Å². The van der Waals surface area contributed by atoms with Crippen LogP contribution in [0.25, 0.3) is 0 Å². The highest BCUT2D eigenvalue weighted by atomic mass is 32.2. The smallest absolute Gasteiger partial charge is 0.251 e. The molecule has 154 valence electrons. The third-order valence-electron chi connectivity index (χ3n) is 4.74. The largest absolute Gasteiger partial charge is 0.343 e. The Kier molecular flexibility index (Phi) is 6.60. The van der Waals surface area contributed by atoms with Gasteiger partial charge in [-0.3, -0.25) is 14.6 Å². The van der Waals surface area contributed by atoms with E-state index in [1.807, 2.05) is 0 Å². The summed E-state index contributed by atoms with van der Waals surface area (Å²) in [5.74, 6) is -0.916. The van der Waals surface area contributed by atoms with Crippen molar-refractivity contribution in [3.05, 3.63) is 53.9 Å². The molecule has 1 saturated heterocycles. The van der Waals surface area contributed by atoms with Gasteiger partial charge in [-0.25, -0.2) is 8.42 Å². The highest BCUT2D eigenvalue weighted by Crippen LogP contribution is 2.24. The summed E-state index contributed by atoms with van der Waals surface area (Å²) in [6, 6.07) is 7.92. The van der Waals surface area contributed by atoms with Crippen molar-refractivity contribution >= 4 is 27.5 Å². The van der Waals surface area contributed by atoms with E-state index in [2.05, 4.69) is 15.6 Å². The van der Waals surface area contributed by atoms with Crippen LogP contribution in [0.5, 0.6) is 0 Å². The molecule has 1 aromatic heterocycles. The van der Waals surface area contributed by atoms with E-state index >= 15 is 0 Å². The SMILES string of the molecule is Cc1ccc(C(=O)NCC(=O)Nc2cccnc2)cc1S(=O)(=O)N1CCCCC1. The number of amides is 2. The van der Waals surface area contributed by atoms with Gasteiger partial charge in [0.05, 0.1) is 23.3 Å². The fraction of sp³-hybridized carbons (Fsp3) is 0.350. The van der Waals surface area contributed by atoms with Crippen LogP contribution < -0.4 is 10.6 Å². The van der Waals surface area contributed by atoms with Gasteiger partial charge in [-0.2, -0.15) is 4.31 Å². The van der Waals surface area contributed by atoms with Gasteiger partial charge in [-0.1, -0.05) is 12.5 Å². The Balaban J connectivity index is 1.68. The molecular weight excluding hydrogens is 392 g/mol. The number of rotatable bonds is 6. The quantitative estimate of drug-likeness (QED) is 0.748. The molecule has 8 nitrogen and oxygen atoms in total. The van der Waals surface area contributed by atoms with Gasteiger partial charge in [0.1, 0.15) is 0 Å². The van der Waals surface area contributed by atoms with E-state index in [0.29, 0.717) is 24.3 Å². The van der Waals surface area contributed by atoms with Crippen LogP contribution in [-0.4, -0.2) is 49.2 Å². The zero-order valence-electron chi connectivity index (χ0n) is 16.2. The maximum absolute atomic E-state index is 13.0. The van der Waals surface area contributed by atoms with E-state index in [-0.39, 0.29) is 17.0 Å². The van der Waals surface area contributed by atoms with Crippen LogP contribution in [0.15, 0.2) is 47.6 Å². The Hall–Kier alpha value is -2.78. The summed E-state index contributed by atoms with van der Waals surface area (Å²) < 4.78 is 27.4. The number of pyridine rings is 1. The molecule has 1 aliphatic heterocycles. The zero-order valence-corrected chi connectivity index (χ0v) is 17.0. The first-order valence-electron chi connectivity index (χ1n) is 9.47. The molecule has 1 fully saturated rings. The Bertz CT molecular complexity index is 987. The zero-order chi connectivity index (χ0) is 20.9. The minimum absolute atomic E-state index is 0.131. The molecule has 0 atom stereocenters. The van der Waals surface area contributed by atoms with Gasteiger partial charge < -0.3 is 10.6 Å². The molecule has 0 unspecified atom stereocenters. The van der Waals surface area contributed by atoms with Crippen molar-refractivity contribution in [2.45, 2.75) is 31.1 Å². The predicted molar refractivity (Wildman–Crippen MR) is 109 cm³/mol. The van der Waals surface area contributed by atoms with E-state index in [1.165, 1.54) is 16.6 Å². The maximum atomic E-state index is 13.0. The normalized spacial score (nSPS) is 14.9. The number of aryl methyl sites for hydroxylation is 1. The second-order valence-corrected chi connectivity index (χ2v) is 8.82. The number of hydrogen-bond donors (Lipinski definition) is 2. The Morgan fingerprint density at radius 2 is 1.90 bits per heavy atom. The highest BCUT2D eigenvalue weighted by molar-refractivity contribution is 7.89. The van der Waals surface area contributed by atoms with Crippen molar-refractivity contribution in [2.24, 2.45) is 0 Å². The number of benzene rings is 1. The van der Waals surface area contributed by atoms with E-state index in [1.54, 1.807) is 37.4 Å². The predicted octanol–water partition coefficient (Wildman–Crippen LogP) is 1.93. The number of carbonyl (C=O) groups excluding carboxylic acids is 2. The van der Waals surface area contributed by atoms with Crippen molar-refractivity contribution in [3.63, 3.8) is 0 Å². The summed E-state index contributed by atoms with van der Waals surface area (Å²) in [5.41, 5.74) is 1.30. The first-order chi connectivity index (χ1) is 13.9. The van der Waals surface area contributed by atoms with Gasteiger partial charge in [-0.15, -0.1) is 0 Å². The maximum Gasteiger partial charge on any atom is 0.251 e. The summed E-state index contributed by atoms with van der Waals surface area (Å²) >= 11 is 0. The third kappa shape index (κ3) is 5.18. The minimum Gasteiger partial charge on any atom is -0.343 e. The summed E-state index contributed by atoms with van der Waals surface area (Å²) in [5, 5.41) is 5.13. The fourth-order valence-corrected chi connectivity index (χ4v) is 4.94. The number of sulfonamides is 1. The number of nitrogens with one attached hydrogen (secondary N) is 2. The van der Waals surface area contributed by atoms with Crippen LogP contribution in [0.3, 0.4) is 0 Å². The van der Waals surface area contributed by atoms with Crippen molar-refractivity contribution < 1.29 is 18.0 Å². The molecule has 3 rings (SSSR count). The van der Waals surface area contributed by atoms with Crippen LogP contribution in [-0.2, 0) is 14.8 Å². The molecule has 0 spiro atoms. The molecule has 2 aromatic rings. The Morgan fingerprint density at radius 3 is 2.59 bits per heavy atom. The number of piperidine rings is 1. The molecule has 0 saturated carbocycles. The van der Waals surface area contributed by atoms with Crippen molar-refractivity contribution in [3.8, 4) is 0 Å². The standard InChI is InChI=1S/C20H24N4O4S/c1-15-7-8-16(12-18(15)29(27,28)24-10-3-2-4-11-24)20(26)22-14-19(25)23-17-6-5-9-21-13-17/h5-9,12-13H,2-4,10-11,14H2,1H3,(H,22,26)(H,23,25). The van der Waals surface area contributed by atoms with E-state index in [4.69, 9.17) is 0 Å². The molecule has 29 heavy (non-hydrogen) atoms. The lowest BCUT2D eigenvalue weighted by Crippen LogP contribution is -2.36. The van der Waals surface area contributed by atoms with Gasteiger partial charge in [-0.05, 0) is 49.6 Å². The van der Waals surface area contributed by atoms with Crippen LogP contribution in [0, 0.1) is 6.92 Å². The van der Waals surface area contributed by atoms with Gasteiger partial charge in [0.2, 0.25) is 15.9 Å². The van der Waals surface area contributed by atoms with Gasteiger partial charge in [0.15, 0.2) is 0 Å². The molecule has 0 radical (unpaired) electrons. The van der Waals surface area contributed by atoms with Crippen LogP contribution in [0.1, 0.15) is 35.2 Å². The third-order valence-corrected chi connectivity index (χ3v) is 6.78. The topological polar surface area (TPSA) is 108 Å². The molecule has 2 N–H and O–H groups in total. The van der Waals surface area contributed by atoms with Crippen LogP contribution >= 0.6 is 0 Å². The fourth-order valence-electron chi connectivity index (χ4n) is 3.17. The monoisotopic (exact) mass is 416 g/mol. The molecule has 0 bridgehead atoms. The van der Waals surface area contributed by atoms with Crippen LogP contribution in [0.2, 0.25) is 0 Å². The lowest BCUT2D eigenvalue weighted by atomic mass is 10.1. The number of aromatic nitrogens is 1. The first kappa shape index (κ1) is 20.9. The van der Waals surface area contributed by atoms with E-state index in [0.717, 1.165) is 19.3 Å². The Labute approximate surface area is 170 Å². The molecular formula is C20H24N4O4S. The highest BCUT2D eigenvalue weighted by Gasteiger charge is 2.28. The van der Waals surface area contributed by atoms with E-state index in [9.17, 15) is 18.0 Å². The summed E-state index contributed by atoms with van der Waals surface area (Å²) in [4.78, 5) is 28.5. The minimum atomic E-state index is -3.65. The summed E-state index contributed by atoms with van der Waals surface area (Å²) in [6.45, 7) is 2.45. The van der Waals surface area contributed by atoms with Gasteiger partial charge >= 0.3 is 0 Å².